The summed E-state index contributed by atoms with van der Waals surface area (Å²) in [5, 5.41) is 0. The summed E-state index contributed by atoms with van der Waals surface area (Å²) < 4.78 is 21.2. The minimum atomic E-state index is -0.224. The molecule has 0 spiro atoms. The molecule has 0 N–H and O–H groups in total. The number of benzene rings is 1. The molecule has 0 aromatic heterocycles. The van der Waals surface area contributed by atoms with Crippen LogP contribution in [0.15, 0.2) is 41.2 Å². The van der Waals surface area contributed by atoms with Gasteiger partial charge in [-0.05, 0) is 18.2 Å². The van der Waals surface area contributed by atoms with Gasteiger partial charge in [-0.2, -0.15) is 0 Å². The molecule has 2 aromatic carbocycles. The Balaban J connectivity index is 2.79. The van der Waals surface area contributed by atoms with Crippen LogP contribution in [-0.2, 0) is 0 Å². The smallest absolute Gasteiger partial charge is 0.228 e. The zero-order chi connectivity index (χ0) is 16.1. The Bertz CT molecular complexity index is 725. The zero-order valence-electron chi connectivity index (χ0n) is 13.0. The topological polar surface area (TPSA) is 54.0 Å². The average molecular weight is 302 g/mol. The summed E-state index contributed by atoms with van der Waals surface area (Å²) in [7, 11) is 6.05. The molecule has 0 saturated heterocycles. The van der Waals surface area contributed by atoms with Crippen molar-refractivity contribution in [3.63, 3.8) is 0 Å². The van der Waals surface area contributed by atoms with Crippen molar-refractivity contribution in [3.8, 4) is 34.1 Å². The lowest BCUT2D eigenvalue weighted by Gasteiger charge is -2.15. The number of methoxy groups -OCH3 is 4. The lowest BCUT2D eigenvalue weighted by molar-refractivity contribution is 0.325. The largest absolute Gasteiger partial charge is 0.493 e. The summed E-state index contributed by atoms with van der Waals surface area (Å²) in [6.07, 6.45) is 0. The predicted octanol–water partition coefficient (Wildman–Crippen LogP) is 2.75. The van der Waals surface area contributed by atoms with Crippen LogP contribution in [0, 0.1) is 0 Å². The van der Waals surface area contributed by atoms with Gasteiger partial charge in [0.05, 0.1) is 28.4 Å². The third-order valence-electron chi connectivity index (χ3n) is 3.30. The minimum absolute atomic E-state index is 0.224. The quantitative estimate of drug-likeness (QED) is 0.850. The maximum absolute atomic E-state index is 12.6. The highest BCUT2D eigenvalue weighted by molar-refractivity contribution is 5.76. The third-order valence-corrected chi connectivity index (χ3v) is 3.30. The van der Waals surface area contributed by atoms with Crippen LogP contribution in [0.3, 0.4) is 0 Å². The summed E-state index contributed by atoms with van der Waals surface area (Å²) in [6.45, 7) is 0. The molecule has 0 aliphatic carbocycles. The molecule has 2 rings (SSSR count). The summed E-state index contributed by atoms with van der Waals surface area (Å²) in [5.74, 6) is 1.67. The van der Waals surface area contributed by atoms with E-state index in [0.29, 0.717) is 28.4 Å². The van der Waals surface area contributed by atoms with Crippen LogP contribution in [-0.4, -0.2) is 28.4 Å². The molecule has 5 heteroatoms. The minimum Gasteiger partial charge on any atom is -0.493 e. The van der Waals surface area contributed by atoms with Gasteiger partial charge in [-0.25, -0.2) is 0 Å². The van der Waals surface area contributed by atoms with Gasteiger partial charge in [-0.3, -0.25) is 4.79 Å². The van der Waals surface area contributed by atoms with Gasteiger partial charge < -0.3 is 18.9 Å². The second kappa shape index (κ2) is 6.85. The van der Waals surface area contributed by atoms with Crippen LogP contribution in [0.1, 0.15) is 0 Å². The van der Waals surface area contributed by atoms with Gasteiger partial charge in [0.15, 0.2) is 17.2 Å². The number of rotatable bonds is 5. The number of hydrogen-bond donors (Lipinski definition) is 0. The van der Waals surface area contributed by atoms with E-state index in [1.807, 2.05) is 0 Å². The normalized spacial score (nSPS) is 10.0. The van der Waals surface area contributed by atoms with Crippen LogP contribution in [0.2, 0.25) is 0 Å². The number of ether oxygens (including phenoxy) is 4. The molecular weight excluding hydrogens is 284 g/mol. The van der Waals surface area contributed by atoms with E-state index in [9.17, 15) is 4.79 Å². The first-order valence-electron chi connectivity index (χ1n) is 6.64. The van der Waals surface area contributed by atoms with Gasteiger partial charge in [0.2, 0.25) is 11.2 Å². The Morgan fingerprint density at radius 3 is 1.86 bits per heavy atom. The number of hydrogen-bond acceptors (Lipinski definition) is 5. The molecule has 0 aliphatic rings. The van der Waals surface area contributed by atoms with Crippen molar-refractivity contribution < 1.29 is 18.9 Å². The highest BCUT2D eigenvalue weighted by Gasteiger charge is 2.19. The van der Waals surface area contributed by atoms with Gasteiger partial charge in [0, 0.05) is 11.1 Å². The van der Waals surface area contributed by atoms with Gasteiger partial charge in [0.25, 0.3) is 0 Å². The van der Waals surface area contributed by atoms with Crippen LogP contribution in [0.5, 0.6) is 23.0 Å². The Morgan fingerprint density at radius 2 is 1.27 bits per heavy atom. The van der Waals surface area contributed by atoms with Gasteiger partial charge in [0.1, 0.15) is 0 Å². The lowest BCUT2D eigenvalue weighted by atomic mass is 10.0. The average Bonchev–Trinajstić information content (AvgIpc) is 2.74. The van der Waals surface area contributed by atoms with E-state index < -0.39 is 0 Å². The molecule has 0 radical (unpaired) electrons. The molecule has 0 heterocycles. The molecular formula is C17H18O5. The van der Waals surface area contributed by atoms with Gasteiger partial charge >= 0.3 is 0 Å². The van der Waals surface area contributed by atoms with Crippen LogP contribution in [0.4, 0.5) is 0 Å². The van der Waals surface area contributed by atoms with Crippen molar-refractivity contribution in [1.29, 1.82) is 0 Å². The summed E-state index contributed by atoms with van der Waals surface area (Å²) >= 11 is 0. The van der Waals surface area contributed by atoms with E-state index in [-0.39, 0.29) is 11.2 Å². The maximum Gasteiger partial charge on any atom is 0.228 e. The van der Waals surface area contributed by atoms with Crippen molar-refractivity contribution in [2.24, 2.45) is 0 Å². The van der Waals surface area contributed by atoms with E-state index in [1.54, 1.807) is 43.5 Å². The Hall–Kier alpha value is -2.69. The second-order valence-electron chi connectivity index (χ2n) is 4.41. The first-order chi connectivity index (χ1) is 10.7. The molecule has 5 nitrogen and oxygen atoms in total. The fourth-order valence-corrected chi connectivity index (χ4v) is 2.27. The molecule has 0 amide bonds. The molecule has 116 valence electrons. The molecule has 0 saturated carbocycles. The van der Waals surface area contributed by atoms with Gasteiger partial charge in [-0.1, -0.05) is 18.2 Å². The van der Waals surface area contributed by atoms with E-state index >= 15 is 0 Å². The molecule has 0 atom stereocenters. The van der Waals surface area contributed by atoms with E-state index in [0.717, 1.165) is 0 Å². The molecule has 22 heavy (non-hydrogen) atoms. The summed E-state index contributed by atoms with van der Waals surface area (Å²) in [4.78, 5) is 12.6. The Morgan fingerprint density at radius 1 is 0.636 bits per heavy atom. The van der Waals surface area contributed by atoms with E-state index in [2.05, 4.69) is 0 Å². The maximum atomic E-state index is 12.6. The van der Waals surface area contributed by atoms with Crippen LogP contribution >= 0.6 is 0 Å². The lowest BCUT2D eigenvalue weighted by Crippen LogP contribution is -2.06. The van der Waals surface area contributed by atoms with Crippen molar-refractivity contribution in [1.82, 2.24) is 0 Å². The Kier molecular flexibility index (Phi) is 4.88. The van der Waals surface area contributed by atoms with E-state index in [4.69, 9.17) is 18.9 Å². The van der Waals surface area contributed by atoms with Crippen molar-refractivity contribution in [2.45, 2.75) is 0 Å². The highest BCUT2D eigenvalue weighted by atomic mass is 16.5. The molecule has 2 aromatic rings. The second-order valence-corrected chi connectivity index (χ2v) is 4.41. The monoisotopic (exact) mass is 302 g/mol. The fraction of sp³-hybridized carbons (Fsp3) is 0.235. The molecule has 0 aliphatic heterocycles. The first-order valence-corrected chi connectivity index (χ1v) is 6.64. The van der Waals surface area contributed by atoms with Crippen molar-refractivity contribution in [2.75, 3.05) is 28.4 Å². The summed E-state index contributed by atoms with van der Waals surface area (Å²) in [5.41, 5.74) is 0.845. The van der Waals surface area contributed by atoms with Crippen molar-refractivity contribution >= 4 is 0 Å². The van der Waals surface area contributed by atoms with E-state index in [1.165, 1.54) is 21.3 Å². The molecule has 0 bridgehead atoms. The van der Waals surface area contributed by atoms with Crippen LogP contribution < -0.4 is 24.4 Å². The summed E-state index contributed by atoms with van der Waals surface area (Å²) in [6, 6.07) is 10.4. The SMILES string of the molecule is COc1ccc(-c2ccccc(OC)c2=O)c(OC)c1OC. The Labute approximate surface area is 129 Å². The predicted molar refractivity (Wildman–Crippen MR) is 84.4 cm³/mol. The molecule has 0 fully saturated rings. The van der Waals surface area contributed by atoms with Crippen molar-refractivity contribution in [3.05, 3.63) is 46.6 Å². The third kappa shape index (κ3) is 2.70. The standard InChI is InChI=1S/C17H18O5/c1-19-13-8-6-5-7-11(15(13)18)12-9-10-14(20-2)17(22-4)16(12)21-3/h5-10H,1-4H3. The van der Waals surface area contributed by atoms with Gasteiger partial charge in [-0.15, -0.1) is 0 Å². The highest BCUT2D eigenvalue weighted by Crippen LogP contribution is 2.43. The van der Waals surface area contributed by atoms with Crippen LogP contribution in [0.25, 0.3) is 11.1 Å². The fourth-order valence-electron chi connectivity index (χ4n) is 2.27. The molecule has 0 unspecified atom stereocenters. The first kappa shape index (κ1) is 15.7. The zero-order valence-corrected chi connectivity index (χ0v) is 13.0.